The van der Waals surface area contributed by atoms with Crippen LogP contribution in [-0.4, -0.2) is 21.1 Å². The standard InChI is InChI=1S/C20H17Cl3N4OS/c21-20(22,23)17(26-18(28)24-14-9-2-1-3-10-14)27-19(29)25-16-12-6-8-13-7-4-5-11-15(13)16/h1-12,17H,(H2,24,26,28)(H2,25,27,29). The summed E-state index contributed by atoms with van der Waals surface area (Å²) in [6.07, 6.45) is -1.08. The molecular formula is C20H17Cl3N4OS. The highest BCUT2D eigenvalue weighted by Crippen LogP contribution is 2.29. The van der Waals surface area contributed by atoms with Crippen molar-refractivity contribution in [3.05, 3.63) is 72.8 Å². The number of alkyl halides is 3. The van der Waals surface area contributed by atoms with Gasteiger partial charge in [0.1, 0.15) is 0 Å². The highest BCUT2D eigenvalue weighted by Gasteiger charge is 2.34. The molecule has 0 aliphatic carbocycles. The number of benzene rings is 3. The fourth-order valence-electron chi connectivity index (χ4n) is 2.64. The topological polar surface area (TPSA) is 65.2 Å². The second-order valence-corrected chi connectivity index (χ2v) is 8.84. The second kappa shape index (κ2) is 9.50. The van der Waals surface area contributed by atoms with Crippen LogP contribution in [0.4, 0.5) is 16.2 Å². The molecule has 1 unspecified atom stereocenters. The van der Waals surface area contributed by atoms with Crippen molar-refractivity contribution in [2.75, 3.05) is 10.6 Å². The van der Waals surface area contributed by atoms with E-state index in [9.17, 15) is 4.79 Å². The van der Waals surface area contributed by atoms with Crippen LogP contribution in [0.3, 0.4) is 0 Å². The predicted molar refractivity (Wildman–Crippen MR) is 126 cm³/mol. The molecule has 29 heavy (non-hydrogen) atoms. The van der Waals surface area contributed by atoms with E-state index in [1.54, 1.807) is 24.3 Å². The highest BCUT2D eigenvalue weighted by molar-refractivity contribution is 7.80. The summed E-state index contributed by atoms with van der Waals surface area (Å²) >= 11 is 23.4. The lowest BCUT2D eigenvalue weighted by molar-refractivity contribution is 0.247. The van der Waals surface area contributed by atoms with Gasteiger partial charge >= 0.3 is 6.03 Å². The molecule has 0 aromatic heterocycles. The van der Waals surface area contributed by atoms with Crippen LogP contribution in [0.5, 0.6) is 0 Å². The normalized spacial score (nSPS) is 12.1. The van der Waals surface area contributed by atoms with Crippen LogP contribution in [0.1, 0.15) is 0 Å². The summed E-state index contributed by atoms with van der Waals surface area (Å²) in [6.45, 7) is 0. The van der Waals surface area contributed by atoms with Gasteiger partial charge in [0.2, 0.25) is 3.79 Å². The number of amides is 2. The third kappa shape index (κ3) is 6.11. The molecule has 0 saturated carbocycles. The van der Waals surface area contributed by atoms with Crippen LogP contribution in [0.25, 0.3) is 10.8 Å². The van der Waals surface area contributed by atoms with Crippen molar-refractivity contribution >= 4 is 80.3 Å². The molecule has 9 heteroatoms. The van der Waals surface area contributed by atoms with Crippen molar-refractivity contribution < 1.29 is 4.79 Å². The fraction of sp³-hybridized carbons (Fsp3) is 0.100. The SMILES string of the molecule is O=C(Nc1ccccc1)NC(NC(=S)Nc1cccc2ccccc12)C(Cl)(Cl)Cl. The molecule has 3 aromatic rings. The second-order valence-electron chi connectivity index (χ2n) is 6.06. The zero-order valence-corrected chi connectivity index (χ0v) is 18.0. The minimum absolute atomic E-state index is 0.192. The number of hydrogen-bond donors (Lipinski definition) is 4. The average Bonchev–Trinajstić information content (AvgIpc) is 2.68. The summed E-state index contributed by atoms with van der Waals surface area (Å²) in [5.74, 6) is 0. The number of fused-ring (bicyclic) bond motifs is 1. The third-order valence-corrected chi connectivity index (χ3v) is 4.82. The number of urea groups is 1. The maximum Gasteiger partial charge on any atom is 0.320 e. The number of thiocarbonyl (C=S) groups is 1. The number of carbonyl (C=O) groups is 1. The largest absolute Gasteiger partial charge is 0.339 e. The Bertz CT molecular complexity index is 1010. The minimum Gasteiger partial charge on any atom is -0.339 e. The van der Waals surface area contributed by atoms with Crippen molar-refractivity contribution in [2.45, 2.75) is 9.96 Å². The molecular weight excluding hydrogens is 451 g/mol. The summed E-state index contributed by atoms with van der Waals surface area (Å²) in [7, 11) is 0. The Hall–Kier alpha value is -2.25. The van der Waals surface area contributed by atoms with Crippen LogP contribution in [0.2, 0.25) is 0 Å². The first kappa shape index (κ1) is 21.5. The molecule has 4 N–H and O–H groups in total. The number of carbonyl (C=O) groups excluding carboxylic acids is 1. The number of nitrogens with one attached hydrogen (secondary N) is 4. The maximum atomic E-state index is 12.3. The molecule has 0 aliphatic heterocycles. The Morgan fingerprint density at radius 1 is 0.828 bits per heavy atom. The molecule has 150 valence electrons. The third-order valence-electron chi connectivity index (χ3n) is 3.95. The van der Waals surface area contributed by atoms with Gasteiger partial charge in [0, 0.05) is 16.8 Å². The van der Waals surface area contributed by atoms with E-state index in [0.717, 1.165) is 16.5 Å². The summed E-state index contributed by atoms with van der Waals surface area (Å²) < 4.78 is -1.85. The van der Waals surface area contributed by atoms with Crippen LogP contribution < -0.4 is 21.3 Å². The summed E-state index contributed by atoms with van der Waals surface area (Å²) in [4.78, 5) is 12.3. The first-order valence-electron chi connectivity index (χ1n) is 8.57. The molecule has 1 atom stereocenters. The van der Waals surface area contributed by atoms with Gasteiger partial charge in [-0.1, -0.05) is 89.4 Å². The Kier molecular flexibility index (Phi) is 7.03. The van der Waals surface area contributed by atoms with E-state index < -0.39 is 16.0 Å². The van der Waals surface area contributed by atoms with Crippen molar-refractivity contribution in [3.63, 3.8) is 0 Å². The smallest absolute Gasteiger partial charge is 0.320 e. The average molecular weight is 468 g/mol. The van der Waals surface area contributed by atoms with Gasteiger partial charge in [-0.2, -0.15) is 0 Å². The molecule has 0 saturated heterocycles. The van der Waals surface area contributed by atoms with Gasteiger partial charge in [-0.15, -0.1) is 0 Å². The zero-order chi connectivity index (χ0) is 20.9. The number of rotatable bonds is 4. The van der Waals surface area contributed by atoms with Gasteiger partial charge in [-0.05, 0) is 35.8 Å². The Labute approximate surface area is 188 Å². The molecule has 0 radical (unpaired) electrons. The van der Waals surface area contributed by atoms with Crippen molar-refractivity contribution in [3.8, 4) is 0 Å². The lowest BCUT2D eigenvalue weighted by Gasteiger charge is -2.28. The number of hydrogen-bond acceptors (Lipinski definition) is 2. The van der Waals surface area contributed by atoms with E-state index in [1.165, 1.54) is 0 Å². The van der Waals surface area contributed by atoms with Crippen molar-refractivity contribution in [1.82, 2.24) is 10.6 Å². The van der Waals surface area contributed by atoms with Crippen LogP contribution in [0, 0.1) is 0 Å². The molecule has 0 spiro atoms. The zero-order valence-electron chi connectivity index (χ0n) is 15.0. The van der Waals surface area contributed by atoms with E-state index in [2.05, 4.69) is 21.3 Å². The molecule has 5 nitrogen and oxygen atoms in total. The number of anilines is 2. The quantitative estimate of drug-likeness (QED) is 0.228. The van der Waals surface area contributed by atoms with Crippen LogP contribution in [0.15, 0.2) is 72.8 Å². The molecule has 3 aromatic carbocycles. The fourth-order valence-corrected chi connectivity index (χ4v) is 3.20. The first-order valence-corrected chi connectivity index (χ1v) is 10.1. The van der Waals surface area contributed by atoms with E-state index in [0.29, 0.717) is 5.69 Å². The molecule has 0 heterocycles. The molecule has 0 fully saturated rings. The van der Waals surface area contributed by atoms with Gasteiger partial charge < -0.3 is 21.3 Å². The monoisotopic (exact) mass is 466 g/mol. The lowest BCUT2D eigenvalue weighted by atomic mass is 10.1. The molecule has 2 amide bonds. The minimum atomic E-state index is -1.85. The van der Waals surface area contributed by atoms with Gasteiger partial charge in [0.15, 0.2) is 11.3 Å². The number of para-hydroxylation sites is 1. The van der Waals surface area contributed by atoms with Crippen molar-refractivity contribution in [2.24, 2.45) is 0 Å². The van der Waals surface area contributed by atoms with Gasteiger partial charge in [-0.3, -0.25) is 0 Å². The summed E-state index contributed by atoms with van der Waals surface area (Å²) in [6, 6.07) is 22.0. The molecule has 0 aliphatic rings. The van der Waals surface area contributed by atoms with Crippen LogP contribution >= 0.6 is 47.0 Å². The number of halogens is 3. The summed E-state index contributed by atoms with van der Waals surface area (Å²) in [5, 5.41) is 13.4. The van der Waals surface area contributed by atoms with E-state index in [-0.39, 0.29) is 5.11 Å². The highest BCUT2D eigenvalue weighted by atomic mass is 35.6. The van der Waals surface area contributed by atoms with E-state index >= 15 is 0 Å². The Balaban J connectivity index is 1.68. The van der Waals surface area contributed by atoms with Gasteiger partial charge in [-0.25, -0.2) is 4.79 Å². The first-order chi connectivity index (χ1) is 13.8. The van der Waals surface area contributed by atoms with Crippen molar-refractivity contribution in [1.29, 1.82) is 0 Å². The Morgan fingerprint density at radius 3 is 2.21 bits per heavy atom. The lowest BCUT2D eigenvalue weighted by Crippen LogP contribution is -2.57. The Morgan fingerprint density at radius 2 is 1.48 bits per heavy atom. The molecule has 0 bridgehead atoms. The van der Waals surface area contributed by atoms with Gasteiger partial charge in [0.25, 0.3) is 0 Å². The van der Waals surface area contributed by atoms with Crippen LogP contribution in [-0.2, 0) is 0 Å². The summed E-state index contributed by atoms with van der Waals surface area (Å²) in [5.41, 5.74) is 1.39. The maximum absolute atomic E-state index is 12.3. The molecule has 3 rings (SSSR count). The van der Waals surface area contributed by atoms with E-state index in [1.807, 2.05) is 48.5 Å². The van der Waals surface area contributed by atoms with Gasteiger partial charge in [0.05, 0.1) is 0 Å². The van der Waals surface area contributed by atoms with E-state index in [4.69, 9.17) is 47.0 Å². The predicted octanol–water partition coefficient (Wildman–Crippen LogP) is 5.64.